The second-order valence-corrected chi connectivity index (χ2v) is 2.26. The lowest BCUT2D eigenvalue weighted by Crippen LogP contribution is -2.06. The van der Waals surface area contributed by atoms with Crippen LogP contribution in [0.1, 0.15) is 13.3 Å². The summed E-state index contributed by atoms with van der Waals surface area (Å²) in [5, 5.41) is 0. The van der Waals surface area contributed by atoms with E-state index in [2.05, 4.69) is 0 Å². The molecule has 2 radical (unpaired) electrons. The Hall–Kier alpha value is -0.465. The highest BCUT2D eigenvalue weighted by Gasteiger charge is 2.39. The molecule has 0 aromatic heterocycles. The zero-order valence-corrected chi connectivity index (χ0v) is 5.46. The highest BCUT2D eigenvalue weighted by Crippen LogP contribution is 2.42. The summed E-state index contributed by atoms with van der Waals surface area (Å²) >= 11 is 0. The monoisotopic (exact) mass is 124 g/mol. The van der Waals surface area contributed by atoms with E-state index in [1.807, 2.05) is 0 Å². The van der Waals surface area contributed by atoms with Crippen molar-refractivity contribution in [2.75, 3.05) is 6.61 Å². The molecule has 0 aliphatic heterocycles. The van der Waals surface area contributed by atoms with E-state index in [4.69, 9.17) is 12.6 Å². The summed E-state index contributed by atoms with van der Waals surface area (Å²) in [7, 11) is 5.40. The lowest BCUT2D eigenvalue weighted by atomic mass is 10.0. The third-order valence-corrected chi connectivity index (χ3v) is 1.43. The summed E-state index contributed by atoms with van der Waals surface area (Å²) in [5.41, 5.74) is 0. The maximum Gasteiger partial charge on any atom is 0.308 e. The summed E-state index contributed by atoms with van der Waals surface area (Å²) in [6, 6.07) is 0. The van der Waals surface area contributed by atoms with Gasteiger partial charge in [0.25, 0.3) is 0 Å². The molecule has 0 aromatic rings. The van der Waals surface area contributed by atoms with Gasteiger partial charge in [0.05, 0.1) is 20.4 Å². The van der Waals surface area contributed by atoms with Crippen LogP contribution in [0.5, 0.6) is 0 Å². The normalized spacial score (nSPS) is 31.7. The minimum Gasteiger partial charge on any atom is -0.466 e. The zero-order chi connectivity index (χ0) is 6.85. The average Bonchev–Trinajstić information content (AvgIpc) is 2.47. The fraction of sp³-hybridized carbons (Fsp3) is 0.833. The van der Waals surface area contributed by atoms with Gasteiger partial charge in [0, 0.05) is 0 Å². The highest BCUT2D eigenvalue weighted by molar-refractivity contribution is 6.16. The van der Waals surface area contributed by atoms with Crippen LogP contribution in [0.2, 0.25) is 5.82 Å². The van der Waals surface area contributed by atoms with E-state index in [1.165, 1.54) is 0 Å². The summed E-state index contributed by atoms with van der Waals surface area (Å²) < 4.78 is 4.72. The fourth-order valence-electron chi connectivity index (χ4n) is 0.735. The van der Waals surface area contributed by atoms with Gasteiger partial charge in [-0.05, 0) is 13.3 Å². The van der Waals surface area contributed by atoms with Crippen LogP contribution in [0, 0.1) is 5.92 Å². The minimum absolute atomic E-state index is 0.00458. The molecule has 48 valence electrons. The molecule has 1 fully saturated rings. The Morgan fingerprint density at radius 1 is 1.89 bits per heavy atom. The molecular formula is C6H9BO2. The Morgan fingerprint density at radius 2 is 2.44 bits per heavy atom. The second kappa shape index (κ2) is 2.42. The van der Waals surface area contributed by atoms with Gasteiger partial charge in [-0.15, -0.1) is 0 Å². The van der Waals surface area contributed by atoms with Crippen molar-refractivity contribution in [2.24, 2.45) is 5.92 Å². The Morgan fingerprint density at radius 3 is 2.78 bits per heavy atom. The number of rotatable bonds is 2. The van der Waals surface area contributed by atoms with Gasteiger partial charge in [-0.3, -0.25) is 4.79 Å². The van der Waals surface area contributed by atoms with Gasteiger partial charge in [0.1, 0.15) is 0 Å². The molecule has 1 saturated carbocycles. The largest absolute Gasteiger partial charge is 0.466 e. The Bertz CT molecular complexity index is 124. The summed E-state index contributed by atoms with van der Waals surface area (Å²) in [5.74, 6) is -0.0565. The smallest absolute Gasteiger partial charge is 0.308 e. The lowest BCUT2D eigenvalue weighted by Gasteiger charge is -1.97. The van der Waals surface area contributed by atoms with Crippen molar-refractivity contribution in [3.05, 3.63) is 0 Å². The van der Waals surface area contributed by atoms with E-state index < -0.39 is 0 Å². The Labute approximate surface area is 56.0 Å². The molecule has 1 aliphatic rings. The molecule has 2 unspecified atom stereocenters. The van der Waals surface area contributed by atoms with Crippen LogP contribution in [-0.4, -0.2) is 20.4 Å². The van der Waals surface area contributed by atoms with Crippen molar-refractivity contribution in [3.8, 4) is 0 Å². The SMILES string of the molecule is [B]C1CC1C(=O)OCC. The molecule has 9 heavy (non-hydrogen) atoms. The number of carbonyl (C=O) groups excluding carboxylic acids is 1. The van der Waals surface area contributed by atoms with Crippen molar-refractivity contribution < 1.29 is 9.53 Å². The van der Waals surface area contributed by atoms with E-state index >= 15 is 0 Å². The molecule has 0 bridgehead atoms. The lowest BCUT2D eigenvalue weighted by molar-refractivity contribution is -0.144. The van der Waals surface area contributed by atoms with E-state index in [0.29, 0.717) is 6.61 Å². The topological polar surface area (TPSA) is 26.3 Å². The van der Waals surface area contributed by atoms with Crippen molar-refractivity contribution >= 4 is 13.8 Å². The number of hydrogen-bond donors (Lipinski definition) is 0. The van der Waals surface area contributed by atoms with Crippen molar-refractivity contribution in [2.45, 2.75) is 19.2 Å². The molecule has 1 rings (SSSR count). The standard InChI is InChI=1S/C6H9BO2/c1-2-9-6(8)4-3-5(4)7/h4-5H,2-3H2,1H3. The van der Waals surface area contributed by atoms with E-state index in [0.717, 1.165) is 6.42 Å². The quantitative estimate of drug-likeness (QED) is 0.396. The van der Waals surface area contributed by atoms with Gasteiger partial charge >= 0.3 is 5.97 Å². The maximum absolute atomic E-state index is 10.7. The molecule has 0 spiro atoms. The van der Waals surface area contributed by atoms with Crippen LogP contribution >= 0.6 is 0 Å². The van der Waals surface area contributed by atoms with Crippen LogP contribution in [0.3, 0.4) is 0 Å². The summed E-state index contributed by atoms with van der Waals surface area (Å²) in [6.07, 6.45) is 0.804. The molecular weight excluding hydrogens is 115 g/mol. The predicted molar refractivity (Wildman–Crippen MR) is 34.2 cm³/mol. The number of carbonyl (C=O) groups is 1. The molecule has 2 atom stereocenters. The fourth-order valence-corrected chi connectivity index (χ4v) is 0.735. The van der Waals surface area contributed by atoms with Crippen LogP contribution in [0.15, 0.2) is 0 Å². The summed E-state index contributed by atoms with van der Waals surface area (Å²) in [4.78, 5) is 10.7. The first-order valence-corrected chi connectivity index (χ1v) is 3.18. The molecule has 0 heterocycles. The third kappa shape index (κ3) is 1.47. The van der Waals surface area contributed by atoms with Crippen LogP contribution in [0.25, 0.3) is 0 Å². The van der Waals surface area contributed by atoms with Gasteiger partial charge in [0.2, 0.25) is 0 Å². The molecule has 0 amide bonds. The van der Waals surface area contributed by atoms with E-state index in [9.17, 15) is 4.79 Å². The predicted octanol–water partition coefficient (Wildman–Crippen LogP) is 0.526. The maximum atomic E-state index is 10.7. The van der Waals surface area contributed by atoms with Crippen LogP contribution in [-0.2, 0) is 9.53 Å². The van der Waals surface area contributed by atoms with Crippen molar-refractivity contribution in [3.63, 3.8) is 0 Å². The van der Waals surface area contributed by atoms with Crippen LogP contribution < -0.4 is 0 Å². The molecule has 0 saturated heterocycles. The highest BCUT2D eigenvalue weighted by atomic mass is 16.5. The summed E-state index contributed by atoms with van der Waals surface area (Å²) in [6.45, 7) is 2.26. The van der Waals surface area contributed by atoms with E-state index in [-0.39, 0.29) is 17.7 Å². The molecule has 3 heteroatoms. The molecule has 1 aliphatic carbocycles. The van der Waals surface area contributed by atoms with Gasteiger partial charge in [-0.2, -0.15) is 0 Å². The first-order valence-electron chi connectivity index (χ1n) is 3.18. The number of ether oxygens (including phenoxy) is 1. The Kier molecular flexibility index (Phi) is 1.79. The average molecular weight is 124 g/mol. The van der Waals surface area contributed by atoms with Crippen molar-refractivity contribution in [1.82, 2.24) is 0 Å². The van der Waals surface area contributed by atoms with Gasteiger partial charge in [-0.1, -0.05) is 5.82 Å². The van der Waals surface area contributed by atoms with Gasteiger partial charge in [0.15, 0.2) is 0 Å². The zero-order valence-electron chi connectivity index (χ0n) is 5.46. The van der Waals surface area contributed by atoms with Gasteiger partial charge < -0.3 is 4.74 Å². The first kappa shape index (κ1) is 6.65. The number of esters is 1. The number of hydrogen-bond acceptors (Lipinski definition) is 2. The second-order valence-electron chi connectivity index (χ2n) is 2.26. The molecule has 0 N–H and O–H groups in total. The Balaban J connectivity index is 2.20. The van der Waals surface area contributed by atoms with E-state index in [1.54, 1.807) is 6.92 Å². The van der Waals surface area contributed by atoms with Crippen LogP contribution in [0.4, 0.5) is 0 Å². The molecule has 2 nitrogen and oxygen atoms in total. The first-order chi connectivity index (χ1) is 4.25. The van der Waals surface area contributed by atoms with Gasteiger partial charge in [-0.25, -0.2) is 0 Å². The third-order valence-electron chi connectivity index (χ3n) is 1.43. The minimum atomic E-state index is -0.134. The van der Waals surface area contributed by atoms with Crippen molar-refractivity contribution in [1.29, 1.82) is 0 Å². The molecule has 0 aromatic carbocycles.